The van der Waals surface area contributed by atoms with Gasteiger partial charge in [0, 0.05) is 29.2 Å². The minimum absolute atomic E-state index is 0.757. The quantitative estimate of drug-likeness (QED) is 0.706. The summed E-state index contributed by atoms with van der Waals surface area (Å²) in [7, 11) is 0. The fourth-order valence-electron chi connectivity index (χ4n) is 1.92. The lowest BCUT2D eigenvalue weighted by Gasteiger charge is -2.05. The van der Waals surface area contributed by atoms with Gasteiger partial charge in [-0.05, 0) is 36.4 Å². The number of benzene rings is 1. The number of nitrogen functional groups attached to an aromatic ring is 1. The van der Waals surface area contributed by atoms with Gasteiger partial charge in [0.05, 0.1) is 11.4 Å². The minimum atomic E-state index is 0.757. The topological polar surface area (TPSA) is 51.8 Å². The Hall–Kier alpha value is -2.68. The van der Waals surface area contributed by atoms with Crippen LogP contribution in [0.15, 0.2) is 67.0 Å². The maximum absolute atomic E-state index is 5.70. The van der Waals surface area contributed by atoms with Crippen LogP contribution >= 0.6 is 0 Å². The zero-order chi connectivity index (χ0) is 13.1. The van der Waals surface area contributed by atoms with E-state index in [0.717, 1.165) is 28.2 Å². The van der Waals surface area contributed by atoms with Crippen molar-refractivity contribution in [2.45, 2.75) is 0 Å². The van der Waals surface area contributed by atoms with Crippen LogP contribution in [0, 0.1) is 0 Å². The third-order valence-corrected chi connectivity index (χ3v) is 2.91. The molecular formula is C16H13N3. The van der Waals surface area contributed by atoms with Crippen molar-refractivity contribution >= 4 is 5.69 Å². The first-order chi connectivity index (χ1) is 9.33. The fourth-order valence-corrected chi connectivity index (χ4v) is 1.92. The van der Waals surface area contributed by atoms with Gasteiger partial charge in [-0.3, -0.25) is 4.98 Å². The van der Waals surface area contributed by atoms with Gasteiger partial charge < -0.3 is 5.73 Å². The first-order valence-corrected chi connectivity index (χ1v) is 6.06. The Bertz CT molecular complexity index is 676. The summed E-state index contributed by atoms with van der Waals surface area (Å²) in [6, 6.07) is 17.6. The largest absolute Gasteiger partial charge is 0.399 e. The predicted octanol–water partition coefficient (Wildman–Crippen LogP) is 3.39. The van der Waals surface area contributed by atoms with Gasteiger partial charge >= 0.3 is 0 Å². The number of hydrogen-bond donors (Lipinski definition) is 1. The van der Waals surface area contributed by atoms with Crippen molar-refractivity contribution in [2.75, 3.05) is 5.73 Å². The van der Waals surface area contributed by atoms with E-state index >= 15 is 0 Å². The predicted molar refractivity (Wildman–Crippen MR) is 77.3 cm³/mol. The van der Waals surface area contributed by atoms with Crippen molar-refractivity contribution in [2.24, 2.45) is 0 Å². The highest BCUT2D eigenvalue weighted by Crippen LogP contribution is 2.22. The number of nitrogens with zero attached hydrogens (tertiary/aromatic N) is 2. The van der Waals surface area contributed by atoms with Gasteiger partial charge in [0.1, 0.15) is 0 Å². The van der Waals surface area contributed by atoms with Crippen LogP contribution < -0.4 is 5.73 Å². The van der Waals surface area contributed by atoms with Crippen LogP contribution in [0.4, 0.5) is 5.69 Å². The number of rotatable bonds is 2. The van der Waals surface area contributed by atoms with E-state index < -0.39 is 0 Å². The molecule has 1 aromatic carbocycles. The zero-order valence-electron chi connectivity index (χ0n) is 10.3. The molecule has 0 aliphatic rings. The summed E-state index contributed by atoms with van der Waals surface area (Å²) in [5, 5.41) is 0. The maximum atomic E-state index is 5.70. The smallest absolute Gasteiger partial charge is 0.0725 e. The summed E-state index contributed by atoms with van der Waals surface area (Å²) in [5.74, 6) is 0. The summed E-state index contributed by atoms with van der Waals surface area (Å²) < 4.78 is 0. The molecule has 0 atom stereocenters. The van der Waals surface area contributed by atoms with Gasteiger partial charge in [-0.1, -0.05) is 18.2 Å². The van der Waals surface area contributed by atoms with Crippen LogP contribution in [-0.2, 0) is 0 Å². The van der Waals surface area contributed by atoms with Crippen LogP contribution in [0.1, 0.15) is 0 Å². The number of hydrogen-bond acceptors (Lipinski definition) is 3. The Labute approximate surface area is 111 Å². The van der Waals surface area contributed by atoms with Crippen LogP contribution in [0.2, 0.25) is 0 Å². The third-order valence-electron chi connectivity index (χ3n) is 2.91. The third kappa shape index (κ3) is 2.45. The highest BCUT2D eigenvalue weighted by molar-refractivity contribution is 5.66. The van der Waals surface area contributed by atoms with Gasteiger partial charge in [-0.2, -0.15) is 0 Å². The Kier molecular flexibility index (Phi) is 2.94. The van der Waals surface area contributed by atoms with Crippen molar-refractivity contribution in [3.63, 3.8) is 0 Å². The monoisotopic (exact) mass is 247 g/mol. The Balaban J connectivity index is 2.03. The first-order valence-electron chi connectivity index (χ1n) is 6.06. The van der Waals surface area contributed by atoms with Gasteiger partial charge in [0.15, 0.2) is 0 Å². The van der Waals surface area contributed by atoms with Gasteiger partial charge in [-0.25, -0.2) is 4.98 Å². The molecule has 0 radical (unpaired) electrons. The fraction of sp³-hybridized carbons (Fsp3) is 0. The molecule has 3 rings (SSSR count). The molecule has 2 aromatic heterocycles. The van der Waals surface area contributed by atoms with Crippen molar-refractivity contribution in [3.8, 4) is 22.5 Å². The molecule has 19 heavy (non-hydrogen) atoms. The molecule has 3 nitrogen and oxygen atoms in total. The second-order valence-electron chi connectivity index (χ2n) is 4.27. The average molecular weight is 247 g/mol. The minimum Gasteiger partial charge on any atom is -0.399 e. The van der Waals surface area contributed by atoms with Crippen LogP contribution in [0.3, 0.4) is 0 Å². The molecule has 3 heteroatoms. The zero-order valence-corrected chi connectivity index (χ0v) is 10.3. The SMILES string of the molecule is Nc1ccc(-c2cccc(-c3cccnc3)n2)cc1. The van der Waals surface area contributed by atoms with E-state index in [1.54, 1.807) is 6.20 Å². The van der Waals surface area contributed by atoms with Gasteiger partial charge in [-0.15, -0.1) is 0 Å². The molecule has 3 aromatic rings. The lowest BCUT2D eigenvalue weighted by Crippen LogP contribution is -1.89. The van der Waals surface area contributed by atoms with Crippen LogP contribution in [-0.4, -0.2) is 9.97 Å². The number of aromatic nitrogens is 2. The first kappa shape index (κ1) is 11.4. The molecule has 0 aliphatic heterocycles. The molecule has 0 amide bonds. The highest BCUT2D eigenvalue weighted by Gasteiger charge is 2.03. The molecule has 0 saturated carbocycles. The van der Waals surface area contributed by atoms with Crippen molar-refractivity contribution in [1.82, 2.24) is 9.97 Å². The Morgan fingerprint density at radius 1 is 0.737 bits per heavy atom. The molecule has 0 fully saturated rings. The molecule has 2 N–H and O–H groups in total. The Morgan fingerprint density at radius 3 is 2.16 bits per heavy atom. The summed E-state index contributed by atoms with van der Waals surface area (Å²) in [4.78, 5) is 8.78. The van der Waals surface area contributed by atoms with E-state index in [0.29, 0.717) is 0 Å². The van der Waals surface area contributed by atoms with E-state index in [-0.39, 0.29) is 0 Å². The molecule has 0 bridgehead atoms. The molecule has 0 spiro atoms. The van der Waals surface area contributed by atoms with Crippen LogP contribution in [0.25, 0.3) is 22.5 Å². The summed E-state index contributed by atoms with van der Waals surface area (Å²) in [6.45, 7) is 0. The number of anilines is 1. The second kappa shape index (κ2) is 4.90. The van der Waals surface area contributed by atoms with E-state index in [1.165, 1.54) is 0 Å². The molecule has 0 unspecified atom stereocenters. The number of pyridine rings is 2. The number of nitrogens with two attached hydrogens (primary N) is 1. The summed E-state index contributed by atoms with van der Waals surface area (Å²) >= 11 is 0. The molecular weight excluding hydrogens is 234 g/mol. The molecule has 0 saturated heterocycles. The highest BCUT2D eigenvalue weighted by atomic mass is 14.7. The second-order valence-corrected chi connectivity index (χ2v) is 4.27. The van der Waals surface area contributed by atoms with E-state index in [4.69, 9.17) is 5.73 Å². The summed E-state index contributed by atoms with van der Waals surface area (Å²) in [5.41, 5.74) is 10.4. The standard InChI is InChI=1S/C16H13N3/c17-14-8-6-12(7-9-14)15-4-1-5-16(19-15)13-3-2-10-18-11-13/h1-11H,17H2. The average Bonchev–Trinajstić information content (AvgIpc) is 2.49. The molecule has 0 aliphatic carbocycles. The van der Waals surface area contributed by atoms with Crippen molar-refractivity contribution in [3.05, 3.63) is 67.0 Å². The normalized spacial score (nSPS) is 10.3. The lowest BCUT2D eigenvalue weighted by atomic mass is 10.1. The van der Waals surface area contributed by atoms with Crippen molar-refractivity contribution < 1.29 is 0 Å². The molecule has 2 heterocycles. The lowest BCUT2D eigenvalue weighted by molar-refractivity contribution is 1.28. The van der Waals surface area contributed by atoms with Gasteiger partial charge in [0.25, 0.3) is 0 Å². The maximum Gasteiger partial charge on any atom is 0.0725 e. The summed E-state index contributed by atoms with van der Waals surface area (Å²) in [6.07, 6.45) is 3.57. The Morgan fingerprint density at radius 2 is 1.47 bits per heavy atom. The van der Waals surface area contributed by atoms with E-state index in [1.807, 2.05) is 60.8 Å². The van der Waals surface area contributed by atoms with E-state index in [9.17, 15) is 0 Å². The van der Waals surface area contributed by atoms with E-state index in [2.05, 4.69) is 9.97 Å². The molecule has 92 valence electrons. The van der Waals surface area contributed by atoms with Gasteiger partial charge in [0.2, 0.25) is 0 Å². The van der Waals surface area contributed by atoms with Crippen molar-refractivity contribution in [1.29, 1.82) is 0 Å². The van der Waals surface area contributed by atoms with Crippen LogP contribution in [0.5, 0.6) is 0 Å².